The SMILES string of the molecule is CCC(CCCl)Nc1nccc2occc12. The Morgan fingerprint density at radius 1 is 1.50 bits per heavy atom. The molecule has 86 valence electrons. The first-order valence-corrected chi connectivity index (χ1v) is 6.03. The van der Waals surface area contributed by atoms with Crippen molar-refractivity contribution in [1.82, 2.24) is 4.98 Å². The number of hydrogen-bond acceptors (Lipinski definition) is 3. The predicted octanol–water partition coefficient (Wildman–Crippen LogP) is 3.65. The maximum absolute atomic E-state index is 5.76. The molecule has 0 aliphatic heterocycles. The number of alkyl halides is 1. The van der Waals surface area contributed by atoms with Crippen molar-refractivity contribution in [2.75, 3.05) is 11.2 Å². The number of pyridine rings is 1. The summed E-state index contributed by atoms with van der Waals surface area (Å²) in [5.41, 5.74) is 0.859. The number of hydrogen-bond donors (Lipinski definition) is 1. The standard InChI is InChI=1S/C12H15ClN2O/c1-2-9(3-6-13)15-12-10-5-8-16-11(10)4-7-14-12/h4-5,7-9H,2-3,6H2,1H3,(H,14,15). The van der Waals surface area contributed by atoms with E-state index in [0.29, 0.717) is 11.9 Å². The molecule has 4 heteroatoms. The van der Waals surface area contributed by atoms with Crippen LogP contribution in [0.3, 0.4) is 0 Å². The molecule has 16 heavy (non-hydrogen) atoms. The van der Waals surface area contributed by atoms with Crippen molar-refractivity contribution in [3.05, 3.63) is 24.6 Å². The second-order valence-corrected chi connectivity index (χ2v) is 4.10. The van der Waals surface area contributed by atoms with Crippen LogP contribution in [0.25, 0.3) is 11.0 Å². The smallest absolute Gasteiger partial charge is 0.139 e. The third kappa shape index (κ3) is 2.30. The molecule has 0 saturated heterocycles. The third-order valence-electron chi connectivity index (χ3n) is 2.67. The Balaban J connectivity index is 2.22. The van der Waals surface area contributed by atoms with E-state index in [9.17, 15) is 0 Å². The minimum Gasteiger partial charge on any atom is -0.464 e. The summed E-state index contributed by atoms with van der Waals surface area (Å²) in [4.78, 5) is 4.33. The van der Waals surface area contributed by atoms with Gasteiger partial charge in [0.05, 0.1) is 11.6 Å². The quantitative estimate of drug-likeness (QED) is 0.808. The molecule has 0 radical (unpaired) electrons. The molecular weight excluding hydrogens is 224 g/mol. The van der Waals surface area contributed by atoms with Gasteiger partial charge in [0.25, 0.3) is 0 Å². The minimum atomic E-state index is 0.366. The average Bonchev–Trinajstić information content (AvgIpc) is 2.77. The first-order chi connectivity index (χ1) is 7.85. The maximum Gasteiger partial charge on any atom is 0.139 e. The highest BCUT2D eigenvalue weighted by atomic mass is 35.5. The molecule has 0 saturated carbocycles. The second-order valence-electron chi connectivity index (χ2n) is 3.72. The molecule has 2 rings (SSSR count). The van der Waals surface area contributed by atoms with Crippen LogP contribution in [0.1, 0.15) is 19.8 Å². The fourth-order valence-corrected chi connectivity index (χ4v) is 1.98. The van der Waals surface area contributed by atoms with E-state index in [1.54, 1.807) is 12.5 Å². The first kappa shape index (κ1) is 11.3. The topological polar surface area (TPSA) is 38.1 Å². The lowest BCUT2D eigenvalue weighted by atomic mass is 10.1. The van der Waals surface area contributed by atoms with Gasteiger partial charge >= 0.3 is 0 Å². The second kappa shape index (κ2) is 5.21. The Morgan fingerprint density at radius 2 is 2.38 bits per heavy atom. The van der Waals surface area contributed by atoms with Gasteiger partial charge in [0.15, 0.2) is 0 Å². The Morgan fingerprint density at radius 3 is 3.12 bits per heavy atom. The van der Waals surface area contributed by atoms with E-state index >= 15 is 0 Å². The highest BCUT2D eigenvalue weighted by Gasteiger charge is 2.09. The van der Waals surface area contributed by atoms with E-state index in [2.05, 4.69) is 17.2 Å². The predicted molar refractivity (Wildman–Crippen MR) is 67.0 cm³/mol. The molecule has 1 atom stereocenters. The largest absolute Gasteiger partial charge is 0.464 e. The molecule has 0 aliphatic carbocycles. The highest BCUT2D eigenvalue weighted by Crippen LogP contribution is 2.23. The average molecular weight is 239 g/mol. The van der Waals surface area contributed by atoms with Gasteiger partial charge in [-0.25, -0.2) is 4.98 Å². The van der Waals surface area contributed by atoms with Crippen molar-refractivity contribution in [1.29, 1.82) is 0 Å². The molecule has 0 amide bonds. The molecule has 0 spiro atoms. The van der Waals surface area contributed by atoms with Crippen molar-refractivity contribution in [2.24, 2.45) is 0 Å². The number of nitrogens with one attached hydrogen (secondary N) is 1. The molecule has 0 bridgehead atoms. The van der Waals surface area contributed by atoms with E-state index in [-0.39, 0.29) is 0 Å². The molecule has 1 unspecified atom stereocenters. The maximum atomic E-state index is 5.76. The fourth-order valence-electron chi connectivity index (χ4n) is 1.71. The van der Waals surface area contributed by atoms with Gasteiger partial charge in [-0.3, -0.25) is 0 Å². The van der Waals surface area contributed by atoms with Crippen LogP contribution in [0.15, 0.2) is 29.0 Å². The van der Waals surface area contributed by atoms with Gasteiger partial charge in [0, 0.05) is 18.1 Å². The molecule has 2 aromatic rings. The van der Waals surface area contributed by atoms with E-state index < -0.39 is 0 Å². The number of anilines is 1. The molecule has 3 nitrogen and oxygen atoms in total. The van der Waals surface area contributed by atoms with Crippen LogP contribution in [0.2, 0.25) is 0 Å². The number of furan rings is 1. The van der Waals surface area contributed by atoms with Crippen LogP contribution >= 0.6 is 11.6 Å². The van der Waals surface area contributed by atoms with Gasteiger partial charge < -0.3 is 9.73 Å². The molecule has 0 aliphatic rings. The lowest BCUT2D eigenvalue weighted by molar-refractivity contribution is 0.615. The van der Waals surface area contributed by atoms with E-state index in [4.69, 9.17) is 16.0 Å². The first-order valence-electron chi connectivity index (χ1n) is 5.50. The van der Waals surface area contributed by atoms with Crippen LogP contribution in [0.4, 0.5) is 5.82 Å². The number of fused-ring (bicyclic) bond motifs is 1. The van der Waals surface area contributed by atoms with Gasteiger partial charge in [-0.1, -0.05) is 6.92 Å². The van der Waals surface area contributed by atoms with Gasteiger partial charge in [0.1, 0.15) is 11.4 Å². The zero-order chi connectivity index (χ0) is 11.4. The summed E-state index contributed by atoms with van der Waals surface area (Å²) < 4.78 is 5.33. The number of rotatable bonds is 5. The normalized spacial score (nSPS) is 12.9. The summed E-state index contributed by atoms with van der Waals surface area (Å²) in [5.74, 6) is 1.54. The Hall–Kier alpha value is -1.22. The number of nitrogens with zero attached hydrogens (tertiary/aromatic N) is 1. The lowest BCUT2D eigenvalue weighted by Crippen LogP contribution is -2.19. The zero-order valence-corrected chi connectivity index (χ0v) is 10.00. The van der Waals surface area contributed by atoms with E-state index in [1.807, 2.05) is 12.1 Å². The Bertz CT molecular complexity index is 455. The third-order valence-corrected chi connectivity index (χ3v) is 2.89. The van der Waals surface area contributed by atoms with Crippen LogP contribution in [-0.2, 0) is 0 Å². The van der Waals surface area contributed by atoms with Crippen LogP contribution in [0, 0.1) is 0 Å². The highest BCUT2D eigenvalue weighted by molar-refractivity contribution is 6.17. The summed E-state index contributed by atoms with van der Waals surface area (Å²) in [6.07, 6.45) is 5.40. The van der Waals surface area contributed by atoms with Crippen molar-refractivity contribution in [2.45, 2.75) is 25.8 Å². The van der Waals surface area contributed by atoms with Gasteiger partial charge in [0.2, 0.25) is 0 Å². The Kier molecular flexibility index (Phi) is 3.67. The number of aromatic nitrogens is 1. The summed E-state index contributed by atoms with van der Waals surface area (Å²) in [5, 5.41) is 4.43. The van der Waals surface area contributed by atoms with Crippen LogP contribution < -0.4 is 5.32 Å². The molecule has 2 aromatic heterocycles. The van der Waals surface area contributed by atoms with Gasteiger partial charge in [-0.2, -0.15) is 0 Å². The van der Waals surface area contributed by atoms with Crippen LogP contribution in [0.5, 0.6) is 0 Å². The lowest BCUT2D eigenvalue weighted by Gasteiger charge is -2.16. The van der Waals surface area contributed by atoms with Crippen molar-refractivity contribution in [3.63, 3.8) is 0 Å². The fraction of sp³-hybridized carbons (Fsp3) is 0.417. The van der Waals surface area contributed by atoms with Crippen molar-refractivity contribution in [3.8, 4) is 0 Å². The molecule has 2 heterocycles. The molecule has 0 aromatic carbocycles. The molecule has 1 N–H and O–H groups in total. The summed E-state index contributed by atoms with van der Waals surface area (Å²) in [6.45, 7) is 2.14. The minimum absolute atomic E-state index is 0.366. The Labute approximate surface area is 99.8 Å². The van der Waals surface area contributed by atoms with Crippen molar-refractivity contribution >= 4 is 28.4 Å². The van der Waals surface area contributed by atoms with Gasteiger partial charge in [-0.05, 0) is 25.0 Å². The van der Waals surface area contributed by atoms with Crippen LogP contribution in [-0.4, -0.2) is 16.9 Å². The zero-order valence-electron chi connectivity index (χ0n) is 9.24. The summed E-state index contributed by atoms with van der Waals surface area (Å²) in [6, 6.07) is 4.16. The monoisotopic (exact) mass is 238 g/mol. The van der Waals surface area contributed by atoms with E-state index in [0.717, 1.165) is 29.6 Å². The van der Waals surface area contributed by atoms with E-state index in [1.165, 1.54) is 0 Å². The summed E-state index contributed by atoms with van der Waals surface area (Å²) >= 11 is 5.76. The van der Waals surface area contributed by atoms with Gasteiger partial charge in [-0.15, -0.1) is 11.6 Å². The molecule has 0 fully saturated rings. The molecular formula is C12H15ClN2O. The van der Waals surface area contributed by atoms with Crippen molar-refractivity contribution < 1.29 is 4.42 Å². The number of halogens is 1. The summed E-state index contributed by atoms with van der Waals surface area (Å²) in [7, 11) is 0.